The highest BCUT2D eigenvalue weighted by atomic mass is 16.7. The maximum Gasteiger partial charge on any atom is 0.251 e. The molecule has 0 spiro atoms. The van der Waals surface area contributed by atoms with Gasteiger partial charge in [0.25, 0.3) is 11.8 Å². The fourth-order valence-corrected chi connectivity index (χ4v) is 6.92. The molecule has 52 heavy (non-hydrogen) atoms. The van der Waals surface area contributed by atoms with Gasteiger partial charge in [0.1, 0.15) is 48.7 Å². The Labute approximate surface area is 298 Å². The average molecular weight is 719 g/mol. The van der Waals surface area contributed by atoms with E-state index in [-0.39, 0.29) is 24.0 Å². The monoisotopic (exact) mass is 718 g/mol. The average Bonchev–Trinajstić information content (AvgIpc) is 3.15. The van der Waals surface area contributed by atoms with Crippen LogP contribution in [0.15, 0.2) is 97.1 Å². The van der Waals surface area contributed by atoms with Crippen molar-refractivity contribution in [2.24, 2.45) is 0 Å². The van der Waals surface area contributed by atoms with Crippen LogP contribution >= 0.6 is 0 Å². The van der Waals surface area contributed by atoms with Crippen molar-refractivity contribution in [2.75, 3.05) is 13.2 Å². The molecule has 0 bridgehead atoms. The van der Waals surface area contributed by atoms with E-state index in [9.17, 15) is 50.4 Å². The van der Waals surface area contributed by atoms with Gasteiger partial charge in [0.15, 0.2) is 11.6 Å². The number of amides is 2. The first-order chi connectivity index (χ1) is 24.9. The molecule has 276 valence electrons. The van der Waals surface area contributed by atoms with Gasteiger partial charge in [0.2, 0.25) is 0 Å². The summed E-state index contributed by atoms with van der Waals surface area (Å²) in [5.74, 6) is -5.80. The molecule has 2 fully saturated rings. The first-order valence-electron chi connectivity index (χ1n) is 16.8. The van der Waals surface area contributed by atoms with Crippen LogP contribution in [0.1, 0.15) is 31.8 Å². The van der Waals surface area contributed by atoms with Crippen molar-refractivity contribution in [3.63, 3.8) is 0 Å². The molecule has 0 aromatic heterocycles. The van der Waals surface area contributed by atoms with Gasteiger partial charge in [0.05, 0.1) is 13.2 Å². The minimum atomic E-state index is -2.19. The largest absolute Gasteiger partial charge is 0.394 e. The second kappa shape index (κ2) is 15.3. The summed E-state index contributed by atoms with van der Waals surface area (Å²) in [5.41, 5.74) is 1.48. The third kappa shape index (κ3) is 7.58. The Hall–Kier alpha value is -4.32. The molecule has 10 atom stereocenters. The van der Waals surface area contributed by atoms with E-state index in [0.29, 0.717) is 21.9 Å². The number of carbonyl (C=O) groups is 2. The van der Waals surface area contributed by atoms with E-state index in [0.717, 1.165) is 0 Å². The molecule has 4 aromatic carbocycles. The third-order valence-electron chi connectivity index (χ3n) is 9.73. The summed E-state index contributed by atoms with van der Waals surface area (Å²) in [5, 5.41) is 91.9. The zero-order valence-corrected chi connectivity index (χ0v) is 27.9. The molecule has 14 heteroatoms. The van der Waals surface area contributed by atoms with Gasteiger partial charge < -0.3 is 61.0 Å². The van der Waals surface area contributed by atoms with Gasteiger partial charge in [-0.25, -0.2) is 0 Å². The highest BCUT2D eigenvalue weighted by molar-refractivity contribution is 6.02. The maximum absolute atomic E-state index is 13.5. The van der Waals surface area contributed by atoms with Crippen LogP contribution < -0.4 is 10.6 Å². The summed E-state index contributed by atoms with van der Waals surface area (Å²) < 4.78 is 11.3. The lowest BCUT2D eigenvalue weighted by molar-refractivity contribution is -0.317. The van der Waals surface area contributed by atoms with E-state index in [4.69, 9.17) is 9.47 Å². The maximum atomic E-state index is 13.5. The topological polar surface area (TPSA) is 238 Å². The number of aliphatic hydroxyl groups excluding tert-OH is 6. The predicted molar refractivity (Wildman–Crippen MR) is 185 cm³/mol. The van der Waals surface area contributed by atoms with Crippen LogP contribution in [-0.2, 0) is 22.3 Å². The minimum absolute atomic E-state index is 0.124. The normalized spacial score (nSPS) is 31.9. The molecule has 14 nitrogen and oxygen atoms in total. The van der Waals surface area contributed by atoms with Crippen molar-refractivity contribution in [2.45, 2.75) is 73.1 Å². The number of ether oxygens (including phenoxy) is 2. The first-order valence-corrected chi connectivity index (χ1v) is 16.8. The number of fused-ring (bicyclic) bond motifs is 1. The highest BCUT2D eigenvalue weighted by Gasteiger charge is 2.55. The van der Waals surface area contributed by atoms with Crippen LogP contribution in [0.3, 0.4) is 0 Å². The fourth-order valence-electron chi connectivity index (χ4n) is 6.92. The molecule has 2 amide bonds. The van der Waals surface area contributed by atoms with Gasteiger partial charge in [-0.05, 0) is 46.2 Å². The Morgan fingerprint density at radius 3 is 1.27 bits per heavy atom. The summed E-state index contributed by atoms with van der Waals surface area (Å²) >= 11 is 0. The molecule has 10 N–H and O–H groups in total. The molecule has 6 rings (SSSR count). The molecule has 0 aliphatic carbocycles. The van der Waals surface area contributed by atoms with Gasteiger partial charge in [-0.15, -0.1) is 0 Å². The Bertz CT molecular complexity index is 1730. The summed E-state index contributed by atoms with van der Waals surface area (Å²) in [6.07, 6.45) is -9.56. The van der Waals surface area contributed by atoms with Gasteiger partial charge in [0, 0.05) is 24.0 Å². The van der Waals surface area contributed by atoms with Gasteiger partial charge in [-0.2, -0.15) is 0 Å². The summed E-state index contributed by atoms with van der Waals surface area (Å²) in [6.45, 7) is -1.37. The molecule has 2 aliphatic heterocycles. The van der Waals surface area contributed by atoms with Crippen molar-refractivity contribution in [3.05, 3.63) is 119 Å². The molecular formula is C38H42N2O12. The van der Waals surface area contributed by atoms with Crippen LogP contribution in [-0.4, -0.2) is 126 Å². The molecule has 4 aromatic rings. The quantitative estimate of drug-likeness (QED) is 0.0963. The van der Waals surface area contributed by atoms with Crippen LogP contribution in [0.4, 0.5) is 0 Å². The van der Waals surface area contributed by atoms with Crippen molar-refractivity contribution < 1.29 is 59.9 Å². The van der Waals surface area contributed by atoms with Crippen LogP contribution in [0.5, 0.6) is 0 Å². The lowest BCUT2D eigenvalue weighted by Crippen LogP contribution is -2.71. The van der Waals surface area contributed by atoms with E-state index < -0.39 is 85.3 Å². The lowest BCUT2D eigenvalue weighted by Gasteiger charge is -2.48. The van der Waals surface area contributed by atoms with Crippen LogP contribution in [0, 0.1) is 0 Å². The molecule has 0 radical (unpaired) electrons. The van der Waals surface area contributed by atoms with Gasteiger partial charge in [-0.1, -0.05) is 72.8 Å². The lowest BCUT2D eigenvalue weighted by atomic mass is 9.86. The number of nitrogens with one attached hydrogen (secondary N) is 2. The SMILES string of the molecule is O=C(N[C@@H]1[C@@H](O)[C@H](O)[C@@H](CO)O[C@@]1(O)Cc1ccccc1)c1ccc2cc(C(=O)N[C@@H]3[C@@H](O)[C@H](O)[C@@H](CO)O[C@@]3(O)Cc3ccccc3)ccc2c1. The second-order valence-electron chi connectivity index (χ2n) is 13.3. The number of hydrogen-bond acceptors (Lipinski definition) is 12. The number of rotatable bonds is 10. The van der Waals surface area contributed by atoms with E-state index in [1.54, 1.807) is 72.8 Å². The van der Waals surface area contributed by atoms with Gasteiger partial charge >= 0.3 is 0 Å². The predicted octanol–water partition coefficient (Wildman–Crippen LogP) is -0.875. The Balaban J connectivity index is 1.20. The van der Waals surface area contributed by atoms with E-state index in [2.05, 4.69) is 10.6 Å². The zero-order chi connectivity index (χ0) is 37.2. The second-order valence-corrected chi connectivity index (χ2v) is 13.3. The van der Waals surface area contributed by atoms with Gasteiger partial charge in [-0.3, -0.25) is 9.59 Å². The number of aliphatic hydroxyl groups is 8. The first kappa shape index (κ1) is 37.4. The summed E-state index contributed by atoms with van der Waals surface area (Å²) in [6, 6.07) is 23.5. The fraction of sp³-hybridized carbons (Fsp3) is 0.368. The molecule has 2 heterocycles. The summed E-state index contributed by atoms with van der Waals surface area (Å²) in [7, 11) is 0. The van der Waals surface area contributed by atoms with Crippen LogP contribution in [0.25, 0.3) is 10.8 Å². The smallest absolute Gasteiger partial charge is 0.251 e. The zero-order valence-electron chi connectivity index (χ0n) is 27.9. The molecule has 0 saturated carbocycles. The van der Waals surface area contributed by atoms with Crippen molar-refractivity contribution in [1.29, 1.82) is 0 Å². The molecule has 0 unspecified atom stereocenters. The van der Waals surface area contributed by atoms with Crippen LogP contribution in [0.2, 0.25) is 0 Å². The third-order valence-corrected chi connectivity index (χ3v) is 9.73. The number of benzene rings is 4. The van der Waals surface area contributed by atoms with E-state index in [1.807, 2.05) is 0 Å². The Morgan fingerprint density at radius 2 is 0.923 bits per heavy atom. The van der Waals surface area contributed by atoms with Crippen molar-refractivity contribution in [1.82, 2.24) is 10.6 Å². The molecular weight excluding hydrogens is 676 g/mol. The number of hydrogen-bond donors (Lipinski definition) is 10. The number of carbonyl (C=O) groups excluding carboxylic acids is 2. The molecule has 2 saturated heterocycles. The Kier molecular flexibility index (Phi) is 11.0. The minimum Gasteiger partial charge on any atom is -0.394 e. The highest BCUT2D eigenvalue weighted by Crippen LogP contribution is 2.33. The summed E-state index contributed by atoms with van der Waals surface area (Å²) in [4.78, 5) is 27.0. The molecule has 2 aliphatic rings. The van der Waals surface area contributed by atoms with Crippen molar-refractivity contribution in [3.8, 4) is 0 Å². The van der Waals surface area contributed by atoms with Crippen molar-refractivity contribution >= 4 is 22.6 Å². The standard InChI is InChI=1S/C38H42N2O12/c41-19-27-29(43)31(45)33(37(49,51-27)17-21-7-3-1-4-8-21)39-35(47)25-13-11-24-16-26(14-12-23(24)15-25)36(48)40-34-32(46)30(44)28(20-42)52-38(34,50)18-22-9-5-2-6-10-22/h1-16,27-34,41-46,49-50H,17-20H2,(H,39,47)(H,40,48)/t27-,28-,29-,30-,31+,32+,33-,34-,37+,38+/m1/s1. The van der Waals surface area contributed by atoms with E-state index >= 15 is 0 Å². The van der Waals surface area contributed by atoms with E-state index in [1.165, 1.54) is 24.3 Å². The Morgan fingerprint density at radius 1 is 0.558 bits per heavy atom.